The van der Waals surface area contributed by atoms with Crippen molar-refractivity contribution in [1.29, 1.82) is 0 Å². The van der Waals surface area contributed by atoms with Crippen LogP contribution in [-0.2, 0) is 6.54 Å². The molecule has 0 fully saturated rings. The summed E-state index contributed by atoms with van der Waals surface area (Å²) in [6, 6.07) is 15.1. The van der Waals surface area contributed by atoms with Gasteiger partial charge in [0.1, 0.15) is 6.33 Å². The Bertz CT molecular complexity index is 827. The van der Waals surface area contributed by atoms with E-state index in [1.54, 1.807) is 6.33 Å². The molecule has 1 aromatic heterocycles. The molecule has 2 aromatic carbocycles. The van der Waals surface area contributed by atoms with E-state index in [4.69, 9.17) is 0 Å². The highest BCUT2D eigenvalue weighted by atomic mass is 127. The lowest BCUT2D eigenvalue weighted by Crippen LogP contribution is -2.11. The van der Waals surface area contributed by atoms with Gasteiger partial charge in [-0.3, -0.25) is 4.79 Å². The lowest BCUT2D eigenvalue weighted by atomic mass is 10.1. The maximum absolute atomic E-state index is 12.3. The number of carbonyl (C=O) groups is 1. The van der Waals surface area contributed by atoms with Crippen molar-refractivity contribution in [3.05, 3.63) is 64.0 Å². The molecule has 0 spiro atoms. The highest BCUT2D eigenvalue weighted by Crippen LogP contribution is 2.21. The molecule has 1 amide bonds. The first-order valence-corrected chi connectivity index (χ1v) is 8.30. The maximum Gasteiger partial charge on any atom is 0.255 e. The molecule has 0 aliphatic carbocycles. The van der Waals surface area contributed by atoms with Gasteiger partial charge in [0.05, 0.1) is 0 Å². The molecule has 0 aliphatic rings. The van der Waals surface area contributed by atoms with Crippen LogP contribution in [0.3, 0.4) is 0 Å². The summed E-state index contributed by atoms with van der Waals surface area (Å²) < 4.78 is 3.06. The molecule has 116 valence electrons. The van der Waals surface area contributed by atoms with Gasteiger partial charge in [0, 0.05) is 26.9 Å². The van der Waals surface area contributed by atoms with Crippen LogP contribution in [0, 0.1) is 3.57 Å². The Morgan fingerprint density at radius 3 is 2.74 bits per heavy atom. The van der Waals surface area contributed by atoms with Crippen molar-refractivity contribution in [3.63, 3.8) is 0 Å². The quantitative estimate of drug-likeness (QED) is 0.656. The number of hydrogen-bond donors (Lipinski definition) is 1. The van der Waals surface area contributed by atoms with Crippen molar-refractivity contribution in [2.24, 2.45) is 0 Å². The summed E-state index contributed by atoms with van der Waals surface area (Å²) in [6.45, 7) is 2.83. The Labute approximate surface area is 147 Å². The molecular weight excluding hydrogens is 403 g/mol. The smallest absolute Gasteiger partial charge is 0.255 e. The fraction of sp³-hybridized carbons (Fsp3) is 0.118. The second-order valence-electron chi connectivity index (χ2n) is 4.98. The van der Waals surface area contributed by atoms with E-state index >= 15 is 0 Å². The fourth-order valence-electron chi connectivity index (χ4n) is 2.25. The summed E-state index contributed by atoms with van der Waals surface area (Å²) in [5.41, 5.74) is 2.29. The monoisotopic (exact) mass is 418 g/mol. The van der Waals surface area contributed by atoms with E-state index in [-0.39, 0.29) is 5.91 Å². The van der Waals surface area contributed by atoms with E-state index in [1.165, 1.54) is 0 Å². The van der Waals surface area contributed by atoms with Gasteiger partial charge >= 0.3 is 0 Å². The van der Waals surface area contributed by atoms with Gasteiger partial charge in [0.15, 0.2) is 5.82 Å². The van der Waals surface area contributed by atoms with Crippen molar-refractivity contribution < 1.29 is 4.79 Å². The Morgan fingerprint density at radius 2 is 2.00 bits per heavy atom. The second kappa shape index (κ2) is 6.91. The normalized spacial score (nSPS) is 10.5. The van der Waals surface area contributed by atoms with Crippen LogP contribution < -0.4 is 5.32 Å². The predicted octanol–water partition coefficient (Wildman–Crippen LogP) is 3.82. The zero-order chi connectivity index (χ0) is 16.2. The van der Waals surface area contributed by atoms with Crippen molar-refractivity contribution >= 4 is 34.2 Å². The minimum Gasteiger partial charge on any atom is -0.322 e. The second-order valence-corrected chi connectivity index (χ2v) is 6.23. The summed E-state index contributed by atoms with van der Waals surface area (Å²) in [6.07, 6.45) is 1.70. The first-order chi connectivity index (χ1) is 11.2. The van der Waals surface area contributed by atoms with Crippen LogP contribution in [0.1, 0.15) is 17.3 Å². The molecule has 3 aromatic rings. The average Bonchev–Trinajstić information content (AvgIpc) is 3.04. The number of halogens is 1. The van der Waals surface area contributed by atoms with E-state index in [9.17, 15) is 4.79 Å². The number of rotatable bonds is 4. The van der Waals surface area contributed by atoms with E-state index < -0.39 is 0 Å². The number of benzene rings is 2. The Balaban J connectivity index is 1.83. The SMILES string of the molecule is CCn1cnnc1-c1cccc(NC(=O)c2ccc(I)cc2)c1. The lowest BCUT2D eigenvalue weighted by Gasteiger charge is -2.08. The number of hydrogen-bond acceptors (Lipinski definition) is 3. The molecule has 3 rings (SSSR count). The molecule has 1 heterocycles. The van der Waals surface area contributed by atoms with Crippen molar-refractivity contribution in [2.45, 2.75) is 13.5 Å². The number of amides is 1. The molecular formula is C17H15IN4O. The van der Waals surface area contributed by atoms with Crippen LogP contribution in [0.5, 0.6) is 0 Å². The number of anilines is 1. The van der Waals surface area contributed by atoms with Crippen LogP contribution in [-0.4, -0.2) is 20.7 Å². The summed E-state index contributed by atoms with van der Waals surface area (Å²) in [5, 5.41) is 11.0. The van der Waals surface area contributed by atoms with Crippen molar-refractivity contribution in [3.8, 4) is 11.4 Å². The van der Waals surface area contributed by atoms with Crippen LogP contribution in [0.4, 0.5) is 5.69 Å². The molecule has 0 aliphatic heterocycles. The Morgan fingerprint density at radius 1 is 1.22 bits per heavy atom. The molecule has 0 saturated carbocycles. The maximum atomic E-state index is 12.3. The fourth-order valence-corrected chi connectivity index (χ4v) is 2.61. The molecule has 23 heavy (non-hydrogen) atoms. The zero-order valence-corrected chi connectivity index (χ0v) is 14.7. The zero-order valence-electron chi connectivity index (χ0n) is 12.5. The topological polar surface area (TPSA) is 59.8 Å². The Kier molecular flexibility index (Phi) is 4.71. The summed E-state index contributed by atoms with van der Waals surface area (Å²) in [4.78, 5) is 12.3. The van der Waals surface area contributed by atoms with Gasteiger partial charge in [-0.05, 0) is 65.9 Å². The highest BCUT2D eigenvalue weighted by Gasteiger charge is 2.09. The largest absolute Gasteiger partial charge is 0.322 e. The van der Waals surface area contributed by atoms with Crippen LogP contribution in [0.15, 0.2) is 54.9 Å². The number of aromatic nitrogens is 3. The molecule has 0 atom stereocenters. The molecule has 1 N–H and O–H groups in total. The van der Waals surface area contributed by atoms with E-state index in [0.29, 0.717) is 5.56 Å². The summed E-state index contributed by atoms with van der Waals surface area (Å²) in [5.74, 6) is 0.661. The molecule has 0 unspecified atom stereocenters. The minimum atomic E-state index is -0.129. The molecule has 6 heteroatoms. The lowest BCUT2D eigenvalue weighted by molar-refractivity contribution is 0.102. The van der Waals surface area contributed by atoms with Gasteiger partial charge < -0.3 is 9.88 Å². The number of nitrogens with zero attached hydrogens (tertiary/aromatic N) is 3. The Hall–Kier alpha value is -2.22. The van der Waals surface area contributed by atoms with Gasteiger partial charge in [-0.1, -0.05) is 12.1 Å². The van der Waals surface area contributed by atoms with Gasteiger partial charge in [-0.15, -0.1) is 10.2 Å². The third-order valence-corrected chi connectivity index (χ3v) is 4.16. The van der Waals surface area contributed by atoms with E-state index in [0.717, 1.165) is 27.2 Å². The first kappa shape index (κ1) is 15.7. The van der Waals surface area contributed by atoms with Gasteiger partial charge in [-0.25, -0.2) is 0 Å². The third kappa shape index (κ3) is 3.58. The minimum absolute atomic E-state index is 0.129. The molecule has 0 saturated heterocycles. The number of aryl methyl sites for hydroxylation is 1. The van der Waals surface area contributed by atoms with E-state index in [1.807, 2.05) is 60.0 Å². The van der Waals surface area contributed by atoms with E-state index in [2.05, 4.69) is 38.1 Å². The van der Waals surface area contributed by atoms with Crippen molar-refractivity contribution in [1.82, 2.24) is 14.8 Å². The predicted molar refractivity (Wildman–Crippen MR) is 98.2 cm³/mol. The van der Waals surface area contributed by atoms with Gasteiger partial charge in [0.25, 0.3) is 5.91 Å². The van der Waals surface area contributed by atoms with Gasteiger partial charge in [0.2, 0.25) is 0 Å². The summed E-state index contributed by atoms with van der Waals surface area (Å²) in [7, 11) is 0. The standard InChI is InChI=1S/C17H15IN4O/c1-2-22-11-19-21-16(22)13-4-3-5-15(10-13)20-17(23)12-6-8-14(18)9-7-12/h3-11H,2H2,1H3,(H,20,23). The average molecular weight is 418 g/mol. The third-order valence-electron chi connectivity index (χ3n) is 3.44. The molecule has 0 radical (unpaired) electrons. The van der Waals surface area contributed by atoms with Crippen LogP contribution >= 0.6 is 22.6 Å². The van der Waals surface area contributed by atoms with Crippen LogP contribution in [0.25, 0.3) is 11.4 Å². The molecule has 0 bridgehead atoms. The first-order valence-electron chi connectivity index (χ1n) is 7.22. The van der Waals surface area contributed by atoms with Crippen LogP contribution in [0.2, 0.25) is 0 Å². The highest BCUT2D eigenvalue weighted by molar-refractivity contribution is 14.1. The number of carbonyl (C=O) groups excluding carboxylic acids is 1. The molecule has 5 nitrogen and oxygen atoms in total. The summed E-state index contributed by atoms with van der Waals surface area (Å²) >= 11 is 2.21. The van der Waals surface area contributed by atoms with Gasteiger partial charge in [-0.2, -0.15) is 0 Å². The van der Waals surface area contributed by atoms with Crippen molar-refractivity contribution in [2.75, 3.05) is 5.32 Å². The number of nitrogens with one attached hydrogen (secondary N) is 1.